The van der Waals surface area contributed by atoms with E-state index in [2.05, 4.69) is 0 Å². The molecule has 4 nitrogen and oxygen atoms in total. The molecule has 0 aliphatic carbocycles. The van der Waals surface area contributed by atoms with Gasteiger partial charge >= 0.3 is 0 Å². The average molecular weight is 302 g/mol. The van der Waals surface area contributed by atoms with Crippen LogP contribution >= 0.6 is 0 Å². The molecule has 0 spiro atoms. The highest BCUT2D eigenvalue weighted by atomic mass is 16.5. The molecule has 0 aromatic heterocycles. The molecule has 1 aliphatic heterocycles. The number of ether oxygens (including phenoxy) is 2. The molecule has 0 amide bonds. The largest absolute Gasteiger partial charge is 0.497 e. The molecule has 2 aromatic rings. The smallest absolute Gasteiger partial charge is 0.268 e. The molecule has 0 saturated carbocycles. The van der Waals surface area contributed by atoms with Crippen LogP contribution in [0.4, 0.5) is 0 Å². The second-order valence-corrected chi connectivity index (χ2v) is 5.16. The van der Waals surface area contributed by atoms with E-state index in [4.69, 9.17) is 9.47 Å². The second-order valence-electron chi connectivity index (χ2n) is 5.16. The lowest BCUT2D eigenvalue weighted by atomic mass is 9.91. The molecule has 0 fully saturated rings. The first-order valence-corrected chi connectivity index (χ1v) is 7.14. The minimum atomic E-state index is -1.59. The number of methoxy groups -OCH3 is 1. The fraction of sp³-hybridized carbons (Fsp3) is 0.158. The SMILES string of the molecule is COc1ccc([C@@H]2C=C(c3ccccc3)C(C#N)(C#N)O2)cc1. The molecule has 23 heavy (non-hydrogen) atoms. The van der Waals surface area contributed by atoms with E-state index < -0.39 is 11.7 Å². The third-order valence-electron chi connectivity index (χ3n) is 3.85. The van der Waals surface area contributed by atoms with E-state index in [1.807, 2.05) is 72.8 Å². The van der Waals surface area contributed by atoms with Gasteiger partial charge < -0.3 is 9.47 Å². The predicted octanol–water partition coefficient (Wildman–Crippen LogP) is 3.64. The Morgan fingerprint density at radius 1 is 1.00 bits per heavy atom. The fourth-order valence-electron chi connectivity index (χ4n) is 2.63. The van der Waals surface area contributed by atoms with Crippen LogP contribution in [-0.2, 0) is 4.74 Å². The van der Waals surface area contributed by atoms with E-state index in [0.29, 0.717) is 5.57 Å². The summed E-state index contributed by atoms with van der Waals surface area (Å²) in [5, 5.41) is 19.1. The summed E-state index contributed by atoms with van der Waals surface area (Å²) in [7, 11) is 1.60. The van der Waals surface area contributed by atoms with Gasteiger partial charge in [-0.05, 0) is 29.3 Å². The van der Waals surface area contributed by atoms with Crippen LogP contribution < -0.4 is 4.74 Å². The molecule has 0 bridgehead atoms. The lowest BCUT2D eigenvalue weighted by molar-refractivity contribution is 0.0527. The van der Waals surface area contributed by atoms with Crippen molar-refractivity contribution >= 4 is 5.57 Å². The molecule has 4 heteroatoms. The van der Waals surface area contributed by atoms with Crippen LogP contribution in [-0.4, -0.2) is 12.7 Å². The highest BCUT2D eigenvalue weighted by Crippen LogP contribution is 2.43. The van der Waals surface area contributed by atoms with Gasteiger partial charge in [-0.2, -0.15) is 10.5 Å². The van der Waals surface area contributed by atoms with Gasteiger partial charge in [-0.15, -0.1) is 0 Å². The molecule has 1 heterocycles. The zero-order valence-corrected chi connectivity index (χ0v) is 12.6. The number of rotatable bonds is 3. The lowest BCUT2D eigenvalue weighted by Crippen LogP contribution is -2.26. The molecular weight excluding hydrogens is 288 g/mol. The van der Waals surface area contributed by atoms with E-state index >= 15 is 0 Å². The van der Waals surface area contributed by atoms with Crippen molar-refractivity contribution in [3.05, 3.63) is 71.8 Å². The van der Waals surface area contributed by atoms with Crippen LogP contribution in [0.25, 0.3) is 5.57 Å². The van der Waals surface area contributed by atoms with Gasteiger partial charge in [0.25, 0.3) is 5.60 Å². The standard InChI is InChI=1S/C19H14N2O2/c1-22-16-9-7-15(8-10-16)18-11-17(14-5-3-2-4-6-14)19(12-20,13-21)23-18/h2-11,18H,1H3/t18-/m0/s1. The van der Waals surface area contributed by atoms with Crippen molar-refractivity contribution in [1.29, 1.82) is 10.5 Å². The van der Waals surface area contributed by atoms with Crippen LogP contribution in [0.15, 0.2) is 60.7 Å². The van der Waals surface area contributed by atoms with Gasteiger partial charge in [-0.25, -0.2) is 0 Å². The Balaban J connectivity index is 2.03. The summed E-state index contributed by atoms with van der Waals surface area (Å²) in [6.45, 7) is 0. The summed E-state index contributed by atoms with van der Waals surface area (Å²) in [6, 6.07) is 20.8. The summed E-state index contributed by atoms with van der Waals surface area (Å²) in [6.07, 6.45) is 1.39. The van der Waals surface area contributed by atoms with Gasteiger partial charge in [-0.1, -0.05) is 42.5 Å². The first-order valence-electron chi connectivity index (χ1n) is 7.14. The maximum absolute atomic E-state index is 9.54. The van der Waals surface area contributed by atoms with Gasteiger partial charge in [-0.3, -0.25) is 0 Å². The van der Waals surface area contributed by atoms with Crippen molar-refractivity contribution in [2.24, 2.45) is 0 Å². The lowest BCUT2D eigenvalue weighted by Gasteiger charge is -2.18. The minimum absolute atomic E-state index is 0.449. The third kappa shape index (κ3) is 2.57. The van der Waals surface area contributed by atoms with E-state index in [-0.39, 0.29) is 0 Å². The van der Waals surface area contributed by atoms with Gasteiger partial charge in [0, 0.05) is 5.57 Å². The normalized spacial score (nSPS) is 18.6. The highest BCUT2D eigenvalue weighted by molar-refractivity contribution is 5.80. The predicted molar refractivity (Wildman–Crippen MR) is 85.2 cm³/mol. The summed E-state index contributed by atoms with van der Waals surface area (Å²) >= 11 is 0. The Bertz CT molecular complexity index is 797. The Morgan fingerprint density at radius 3 is 2.22 bits per heavy atom. The maximum atomic E-state index is 9.54. The van der Waals surface area contributed by atoms with Crippen molar-refractivity contribution in [2.75, 3.05) is 7.11 Å². The van der Waals surface area contributed by atoms with E-state index in [1.54, 1.807) is 7.11 Å². The first-order chi connectivity index (χ1) is 11.2. The van der Waals surface area contributed by atoms with Crippen LogP contribution in [0.2, 0.25) is 0 Å². The van der Waals surface area contributed by atoms with Crippen LogP contribution in [0.1, 0.15) is 17.2 Å². The number of benzene rings is 2. The van der Waals surface area contributed by atoms with Gasteiger partial charge in [0.2, 0.25) is 0 Å². The molecule has 1 aliphatic rings. The molecule has 0 unspecified atom stereocenters. The molecule has 2 aromatic carbocycles. The molecule has 0 radical (unpaired) electrons. The van der Waals surface area contributed by atoms with Crippen molar-refractivity contribution in [2.45, 2.75) is 11.7 Å². The number of hydrogen-bond acceptors (Lipinski definition) is 4. The molecule has 112 valence electrons. The number of nitrogens with zero attached hydrogens (tertiary/aromatic N) is 2. The fourth-order valence-corrected chi connectivity index (χ4v) is 2.63. The van der Waals surface area contributed by atoms with Crippen LogP contribution in [0, 0.1) is 22.7 Å². The van der Waals surface area contributed by atoms with Crippen molar-refractivity contribution in [1.82, 2.24) is 0 Å². The van der Waals surface area contributed by atoms with Crippen LogP contribution in [0.3, 0.4) is 0 Å². The van der Waals surface area contributed by atoms with Crippen molar-refractivity contribution in [3.63, 3.8) is 0 Å². The molecule has 0 saturated heterocycles. The zero-order chi connectivity index (χ0) is 16.3. The van der Waals surface area contributed by atoms with Gasteiger partial charge in [0.1, 0.15) is 24.0 Å². The number of hydrogen-bond donors (Lipinski definition) is 0. The van der Waals surface area contributed by atoms with Gasteiger partial charge in [0.15, 0.2) is 0 Å². The highest BCUT2D eigenvalue weighted by Gasteiger charge is 2.44. The zero-order valence-electron chi connectivity index (χ0n) is 12.6. The quantitative estimate of drug-likeness (QED) is 0.868. The summed E-state index contributed by atoms with van der Waals surface area (Å²) in [5.74, 6) is 0.742. The average Bonchev–Trinajstić information content (AvgIpc) is 3.03. The second kappa shape index (κ2) is 5.96. The molecular formula is C19H14N2O2. The molecule has 3 rings (SSSR count). The summed E-state index contributed by atoms with van der Waals surface area (Å²) in [4.78, 5) is 0. The van der Waals surface area contributed by atoms with Crippen molar-refractivity contribution in [3.8, 4) is 17.9 Å². The summed E-state index contributed by atoms with van der Waals surface area (Å²) in [5.41, 5.74) is 0.675. The Hall–Kier alpha value is -3.08. The van der Waals surface area contributed by atoms with Crippen LogP contribution in [0.5, 0.6) is 5.75 Å². The Morgan fingerprint density at radius 2 is 1.65 bits per heavy atom. The van der Waals surface area contributed by atoms with E-state index in [0.717, 1.165) is 16.9 Å². The summed E-state index contributed by atoms with van der Waals surface area (Å²) < 4.78 is 11.0. The maximum Gasteiger partial charge on any atom is 0.268 e. The topological polar surface area (TPSA) is 66.0 Å². The van der Waals surface area contributed by atoms with Crippen molar-refractivity contribution < 1.29 is 9.47 Å². The Labute approximate surface area is 134 Å². The monoisotopic (exact) mass is 302 g/mol. The third-order valence-corrected chi connectivity index (χ3v) is 3.85. The number of nitriles is 2. The Kier molecular flexibility index (Phi) is 3.85. The van der Waals surface area contributed by atoms with E-state index in [9.17, 15) is 10.5 Å². The first kappa shape index (κ1) is 14.8. The minimum Gasteiger partial charge on any atom is -0.497 e. The van der Waals surface area contributed by atoms with Gasteiger partial charge in [0.05, 0.1) is 7.11 Å². The molecule has 0 N–H and O–H groups in total. The molecule has 1 atom stereocenters. The van der Waals surface area contributed by atoms with E-state index in [1.165, 1.54) is 0 Å².